The number of halogens is 1. The number of phenols is 1. The van der Waals surface area contributed by atoms with E-state index in [1.165, 1.54) is 6.07 Å². The maximum Gasteiger partial charge on any atom is 0.299 e. The van der Waals surface area contributed by atoms with Crippen LogP contribution < -0.4 is 10.7 Å². The molecule has 0 spiro atoms. The van der Waals surface area contributed by atoms with Crippen LogP contribution in [0.25, 0.3) is 0 Å². The molecule has 0 unspecified atom stereocenters. The number of benzene rings is 3. The summed E-state index contributed by atoms with van der Waals surface area (Å²) < 4.78 is 0.374. The van der Waals surface area contributed by atoms with Gasteiger partial charge in [0.05, 0.1) is 37.1 Å². The number of para-hydroxylation sites is 2. The van der Waals surface area contributed by atoms with Gasteiger partial charge < -0.3 is 15.3 Å². The zero-order chi connectivity index (χ0) is 23.0. The van der Waals surface area contributed by atoms with E-state index in [0.717, 1.165) is 28.5 Å². The van der Waals surface area contributed by atoms with Gasteiger partial charge in [-0.2, -0.15) is 5.43 Å². The number of anilines is 2. The zero-order valence-electron chi connectivity index (χ0n) is 18.3. The monoisotopic (exact) mass is 462 g/mol. The van der Waals surface area contributed by atoms with Crippen LogP contribution in [0, 0.1) is 0 Å². The average Bonchev–Trinajstić information content (AvgIpc) is 2.96. The van der Waals surface area contributed by atoms with Gasteiger partial charge in [0, 0.05) is 16.3 Å². The van der Waals surface area contributed by atoms with Gasteiger partial charge in [0.2, 0.25) is 0 Å². The first kappa shape index (κ1) is 21.3. The Morgan fingerprint density at radius 1 is 1.06 bits per heavy atom. The van der Waals surface area contributed by atoms with Gasteiger partial charge in [-0.1, -0.05) is 35.9 Å². The Balaban J connectivity index is 1.39. The number of nitrogens with one attached hydrogen (secondary N) is 2. The molecule has 3 aromatic rings. The van der Waals surface area contributed by atoms with Crippen LogP contribution in [-0.4, -0.2) is 59.6 Å². The molecule has 1 amide bonds. The highest BCUT2D eigenvalue weighted by molar-refractivity contribution is 6.31. The van der Waals surface area contributed by atoms with Crippen LogP contribution in [0.5, 0.6) is 5.75 Å². The van der Waals surface area contributed by atoms with Crippen molar-refractivity contribution in [1.29, 1.82) is 0 Å². The number of quaternary nitrogens is 1. The maximum atomic E-state index is 12.8. The van der Waals surface area contributed by atoms with Gasteiger partial charge in [-0.25, -0.2) is 9.58 Å². The van der Waals surface area contributed by atoms with Gasteiger partial charge in [-0.05, 0) is 42.5 Å². The predicted octanol–water partition coefficient (Wildman–Crippen LogP) is 4.29. The van der Waals surface area contributed by atoms with E-state index >= 15 is 0 Å². The van der Waals surface area contributed by atoms with Crippen molar-refractivity contribution >= 4 is 40.4 Å². The fourth-order valence-corrected chi connectivity index (χ4v) is 4.42. The second kappa shape index (κ2) is 8.42. The highest BCUT2D eigenvalue weighted by Gasteiger charge is 2.34. The topological polar surface area (TPSA) is 77.0 Å². The van der Waals surface area contributed by atoms with Crippen LogP contribution >= 0.6 is 11.6 Å². The number of carbonyl (C=O) groups excluding carboxylic acids is 1. The number of amides is 1. The van der Waals surface area contributed by atoms with Crippen molar-refractivity contribution in [3.8, 4) is 5.75 Å². The van der Waals surface area contributed by atoms with Crippen molar-refractivity contribution in [2.75, 3.05) is 38.5 Å². The van der Waals surface area contributed by atoms with E-state index in [1.54, 1.807) is 18.2 Å². The molecular formula is C25H25ClN5O2+. The minimum absolute atomic E-state index is 0.0190. The van der Waals surface area contributed by atoms with Crippen LogP contribution in [0.2, 0.25) is 5.02 Å². The van der Waals surface area contributed by atoms with Gasteiger partial charge in [-0.3, -0.25) is 4.79 Å². The molecule has 5 rings (SSSR count). The quantitative estimate of drug-likeness (QED) is 0.496. The molecule has 168 valence electrons. The number of hydrogen-bond donors (Lipinski definition) is 3. The van der Waals surface area contributed by atoms with E-state index in [1.807, 2.05) is 43.4 Å². The molecule has 1 fully saturated rings. The molecule has 2 aliphatic heterocycles. The van der Waals surface area contributed by atoms with Crippen molar-refractivity contribution in [3.05, 3.63) is 82.9 Å². The lowest BCUT2D eigenvalue weighted by atomic mass is 10.1. The number of aliphatic imine (C=N–C) groups is 1. The normalized spacial score (nSPS) is 16.5. The molecule has 33 heavy (non-hydrogen) atoms. The van der Waals surface area contributed by atoms with Crippen molar-refractivity contribution < 1.29 is 14.5 Å². The molecule has 3 N–H and O–H groups in total. The summed E-state index contributed by atoms with van der Waals surface area (Å²) in [6.45, 7) is 2.80. The van der Waals surface area contributed by atoms with E-state index < -0.39 is 0 Å². The first-order chi connectivity index (χ1) is 15.9. The number of aromatic hydroxyl groups is 1. The van der Waals surface area contributed by atoms with Gasteiger partial charge in [0.25, 0.3) is 5.91 Å². The molecule has 3 aromatic carbocycles. The fourth-order valence-electron chi connectivity index (χ4n) is 4.25. The van der Waals surface area contributed by atoms with Crippen LogP contribution in [0.1, 0.15) is 15.9 Å². The average molecular weight is 463 g/mol. The molecule has 0 saturated carbocycles. The predicted molar refractivity (Wildman–Crippen MR) is 130 cm³/mol. The molecule has 0 aliphatic carbocycles. The molecule has 0 aromatic heterocycles. The Labute approximate surface area is 197 Å². The van der Waals surface area contributed by atoms with E-state index in [2.05, 4.69) is 21.7 Å². The molecular weight excluding hydrogens is 438 g/mol. The first-order valence-corrected chi connectivity index (χ1v) is 11.2. The third-order valence-corrected chi connectivity index (χ3v) is 6.41. The summed E-state index contributed by atoms with van der Waals surface area (Å²) in [4.78, 5) is 20.0. The minimum Gasteiger partial charge on any atom is -0.507 e. The van der Waals surface area contributed by atoms with Crippen LogP contribution in [-0.2, 0) is 0 Å². The summed E-state index contributed by atoms with van der Waals surface area (Å²) in [6, 6.07) is 20.4. The lowest BCUT2D eigenvalue weighted by Crippen LogP contribution is -2.65. The minimum atomic E-state index is -0.283. The van der Waals surface area contributed by atoms with Gasteiger partial charge in [0.15, 0.2) is 0 Å². The van der Waals surface area contributed by atoms with Gasteiger partial charge in [0.1, 0.15) is 24.7 Å². The summed E-state index contributed by atoms with van der Waals surface area (Å²) in [5, 5.41) is 14.1. The third kappa shape index (κ3) is 4.25. The summed E-state index contributed by atoms with van der Waals surface area (Å²) in [7, 11) is 1.99. The van der Waals surface area contributed by atoms with Crippen LogP contribution in [0.4, 0.5) is 17.1 Å². The number of fused-ring (bicyclic) bond motifs is 2. The van der Waals surface area contributed by atoms with Crippen molar-refractivity contribution in [2.24, 2.45) is 4.99 Å². The Morgan fingerprint density at radius 3 is 2.58 bits per heavy atom. The molecule has 7 nitrogen and oxygen atoms in total. The number of nitrogens with zero attached hydrogens (tertiary/aromatic N) is 3. The summed E-state index contributed by atoms with van der Waals surface area (Å²) in [6.07, 6.45) is 0. The van der Waals surface area contributed by atoms with E-state index in [9.17, 15) is 9.90 Å². The second-order valence-corrected chi connectivity index (χ2v) is 8.99. The lowest BCUT2D eigenvalue weighted by molar-refractivity contribution is -0.946. The molecule has 0 radical (unpaired) electrons. The second-order valence-electron chi connectivity index (χ2n) is 8.56. The Kier molecular flexibility index (Phi) is 5.44. The van der Waals surface area contributed by atoms with Gasteiger partial charge in [-0.15, -0.1) is 0 Å². The number of phenolic OH excluding ortho intramolecular Hbond substituents is 1. The Morgan fingerprint density at radius 2 is 1.79 bits per heavy atom. The molecule has 8 heteroatoms. The number of amidine groups is 1. The Hall–Kier alpha value is -3.55. The Bertz CT molecular complexity index is 1250. The van der Waals surface area contributed by atoms with Crippen LogP contribution in [0.15, 0.2) is 71.7 Å². The van der Waals surface area contributed by atoms with Crippen molar-refractivity contribution in [1.82, 2.24) is 10.3 Å². The smallest absolute Gasteiger partial charge is 0.299 e. The molecule has 2 aliphatic rings. The molecule has 0 atom stereocenters. The molecule has 2 heterocycles. The zero-order valence-corrected chi connectivity index (χ0v) is 19.0. The summed E-state index contributed by atoms with van der Waals surface area (Å²) in [5.74, 6) is 0.584. The maximum absolute atomic E-state index is 12.8. The first-order valence-electron chi connectivity index (χ1n) is 10.9. The standard InChI is InChI=1S/C25H24ClN5O2/c1-31(29-25(33)19-7-3-5-9-23(19)32)14-12-30(13-15-31)24-18-6-2-4-8-20(18)27-21-11-10-17(26)16-22(21)28-24/h2-11,16H,12-15H2,1H3,(H2-,27,28,29,32,33)/p+1. The molecule has 1 saturated heterocycles. The van der Waals surface area contributed by atoms with Crippen LogP contribution in [0.3, 0.4) is 0 Å². The summed E-state index contributed by atoms with van der Waals surface area (Å²) >= 11 is 6.25. The lowest BCUT2D eigenvalue weighted by Gasteiger charge is -2.42. The SMILES string of the molecule is C[N+]1(NC(=O)c2ccccc2O)CCN(C2=Nc3cc(Cl)ccc3Nc3ccccc32)CC1. The third-order valence-electron chi connectivity index (χ3n) is 6.17. The number of hydrogen-bond acceptors (Lipinski definition) is 5. The van der Waals surface area contributed by atoms with E-state index in [-0.39, 0.29) is 17.2 Å². The number of likely N-dealkylation sites (N-methyl/N-ethyl adjacent to an activating group) is 1. The number of carbonyl (C=O) groups is 1. The van der Waals surface area contributed by atoms with Crippen molar-refractivity contribution in [3.63, 3.8) is 0 Å². The molecule has 0 bridgehead atoms. The largest absolute Gasteiger partial charge is 0.507 e. The number of rotatable bonds is 2. The van der Waals surface area contributed by atoms with E-state index in [0.29, 0.717) is 35.8 Å². The van der Waals surface area contributed by atoms with Crippen molar-refractivity contribution in [2.45, 2.75) is 0 Å². The summed E-state index contributed by atoms with van der Waals surface area (Å²) in [5.41, 5.74) is 7.08. The highest BCUT2D eigenvalue weighted by atomic mass is 35.5. The number of piperazine rings is 1. The fraction of sp³-hybridized carbons (Fsp3) is 0.200. The van der Waals surface area contributed by atoms with Gasteiger partial charge >= 0.3 is 0 Å². The highest BCUT2D eigenvalue weighted by Crippen LogP contribution is 2.36. The van der Waals surface area contributed by atoms with E-state index in [4.69, 9.17) is 16.6 Å².